The normalized spacial score (nSPS) is 11.3. The highest BCUT2D eigenvalue weighted by atomic mass is 32.2. The number of Topliss-reactive ketones (excluding diaryl/α,β-unsaturated/α-hetero) is 1. The summed E-state index contributed by atoms with van der Waals surface area (Å²) < 4.78 is 3.83. The summed E-state index contributed by atoms with van der Waals surface area (Å²) in [4.78, 5) is 30.3. The van der Waals surface area contributed by atoms with Crippen molar-refractivity contribution in [2.75, 3.05) is 5.75 Å². The molecule has 2 heterocycles. The average Bonchev–Trinajstić information content (AvgIpc) is 2.96. The van der Waals surface area contributed by atoms with Crippen LogP contribution in [0.1, 0.15) is 42.0 Å². The quantitative estimate of drug-likeness (QED) is 0.348. The second-order valence-electron chi connectivity index (χ2n) is 6.61. The highest BCUT2D eigenvalue weighted by Crippen LogP contribution is 2.22. The number of carbonyl (C=O) groups is 1. The van der Waals surface area contributed by atoms with Gasteiger partial charge in [-0.1, -0.05) is 30.8 Å². The van der Waals surface area contributed by atoms with E-state index in [1.807, 2.05) is 45.0 Å². The molecule has 3 aromatic rings. The molecule has 0 atom stereocenters. The van der Waals surface area contributed by atoms with Gasteiger partial charge >= 0.3 is 0 Å². The highest BCUT2D eigenvalue weighted by molar-refractivity contribution is 7.99. The molecule has 0 aliphatic carbocycles. The minimum Gasteiger partial charge on any atom is -0.349 e. The van der Waals surface area contributed by atoms with E-state index in [9.17, 15) is 9.59 Å². The molecule has 0 saturated heterocycles. The first-order valence-electron chi connectivity index (χ1n) is 9.30. The molecule has 0 N–H and O–H groups in total. The Morgan fingerprint density at radius 3 is 2.56 bits per heavy atom. The Morgan fingerprint density at radius 1 is 1.15 bits per heavy atom. The summed E-state index contributed by atoms with van der Waals surface area (Å²) in [6.07, 6.45) is 0.832. The van der Waals surface area contributed by atoms with Crippen LogP contribution in [0.3, 0.4) is 0 Å². The second-order valence-corrected chi connectivity index (χ2v) is 7.55. The fraction of sp³-hybridized carbons (Fsp3) is 0.381. The van der Waals surface area contributed by atoms with E-state index in [2.05, 4.69) is 16.5 Å². The predicted octanol–water partition coefficient (Wildman–Crippen LogP) is 4.22. The number of para-hydroxylation sites is 1. The Labute approximate surface area is 163 Å². The topological polar surface area (TPSA) is 56.9 Å². The van der Waals surface area contributed by atoms with Gasteiger partial charge in [-0.3, -0.25) is 14.2 Å². The lowest BCUT2D eigenvalue weighted by Gasteiger charge is -2.12. The van der Waals surface area contributed by atoms with E-state index in [4.69, 9.17) is 0 Å². The summed E-state index contributed by atoms with van der Waals surface area (Å²) in [5.74, 6) is 0.334. The van der Waals surface area contributed by atoms with Crippen LogP contribution in [0.2, 0.25) is 0 Å². The number of aromatic nitrogens is 3. The van der Waals surface area contributed by atoms with Gasteiger partial charge in [0, 0.05) is 30.0 Å². The predicted molar refractivity (Wildman–Crippen MR) is 111 cm³/mol. The van der Waals surface area contributed by atoms with Crippen LogP contribution in [0.5, 0.6) is 0 Å². The zero-order valence-corrected chi connectivity index (χ0v) is 17.1. The van der Waals surface area contributed by atoms with Crippen molar-refractivity contribution in [2.45, 2.75) is 52.4 Å². The zero-order valence-electron chi connectivity index (χ0n) is 16.3. The molecule has 1 aromatic carbocycles. The van der Waals surface area contributed by atoms with Crippen molar-refractivity contribution < 1.29 is 4.79 Å². The van der Waals surface area contributed by atoms with Crippen molar-refractivity contribution >= 4 is 28.4 Å². The zero-order chi connectivity index (χ0) is 19.6. The van der Waals surface area contributed by atoms with Crippen LogP contribution in [-0.2, 0) is 13.1 Å². The molecule has 3 rings (SSSR count). The summed E-state index contributed by atoms with van der Waals surface area (Å²) in [5, 5.41) is 1.23. The molecule has 142 valence electrons. The Balaban J connectivity index is 1.91. The van der Waals surface area contributed by atoms with Gasteiger partial charge in [-0.05, 0) is 45.4 Å². The molecule has 0 unspecified atom stereocenters. The maximum absolute atomic E-state index is 12.8. The molecule has 0 saturated carbocycles. The Morgan fingerprint density at radius 2 is 1.89 bits per heavy atom. The van der Waals surface area contributed by atoms with Crippen molar-refractivity contribution in [3.05, 3.63) is 57.6 Å². The number of ketones is 1. The van der Waals surface area contributed by atoms with Gasteiger partial charge in [-0.2, -0.15) is 0 Å². The van der Waals surface area contributed by atoms with Crippen LogP contribution in [0.25, 0.3) is 10.9 Å². The third kappa shape index (κ3) is 3.72. The first-order valence-corrected chi connectivity index (χ1v) is 10.3. The lowest BCUT2D eigenvalue weighted by molar-refractivity contribution is 0.102. The number of nitrogens with zero attached hydrogens (tertiary/aromatic N) is 3. The number of aryl methyl sites for hydroxylation is 1. The third-order valence-electron chi connectivity index (χ3n) is 4.80. The standard InChI is InChI=1S/C21H25N3O2S/c1-5-11-24-20(26)16-9-7-8-10-18(16)22-21(24)27-13-19(25)17-12-14(3)23(6-2)15(17)4/h7-10,12H,5-6,11,13H2,1-4H3. The van der Waals surface area contributed by atoms with E-state index in [1.165, 1.54) is 11.8 Å². The molecule has 27 heavy (non-hydrogen) atoms. The van der Waals surface area contributed by atoms with E-state index in [1.54, 1.807) is 10.6 Å². The number of carbonyl (C=O) groups excluding carboxylic acids is 1. The third-order valence-corrected chi connectivity index (χ3v) is 5.77. The van der Waals surface area contributed by atoms with Gasteiger partial charge in [0.15, 0.2) is 10.9 Å². The van der Waals surface area contributed by atoms with Crippen molar-refractivity contribution in [1.82, 2.24) is 14.1 Å². The fourth-order valence-corrected chi connectivity index (χ4v) is 4.37. The molecule has 0 fully saturated rings. The first kappa shape index (κ1) is 19.4. The summed E-state index contributed by atoms with van der Waals surface area (Å²) in [6, 6.07) is 9.32. The van der Waals surface area contributed by atoms with Gasteiger partial charge in [0.25, 0.3) is 5.56 Å². The largest absolute Gasteiger partial charge is 0.349 e. The summed E-state index contributed by atoms with van der Waals surface area (Å²) in [5.41, 5.74) is 3.48. The van der Waals surface area contributed by atoms with Crippen LogP contribution in [0.15, 0.2) is 40.3 Å². The molecule has 0 aliphatic heterocycles. The van der Waals surface area contributed by atoms with Crippen LogP contribution in [0.4, 0.5) is 0 Å². The molecule has 5 nitrogen and oxygen atoms in total. The number of benzene rings is 1. The number of hydrogen-bond acceptors (Lipinski definition) is 4. The van der Waals surface area contributed by atoms with Gasteiger partial charge in [0.05, 0.1) is 16.7 Å². The smallest absolute Gasteiger partial charge is 0.262 e. The Kier molecular flexibility index (Phi) is 5.85. The molecular weight excluding hydrogens is 358 g/mol. The van der Waals surface area contributed by atoms with Gasteiger partial charge in [0.1, 0.15) is 0 Å². The molecule has 2 aromatic heterocycles. The summed E-state index contributed by atoms with van der Waals surface area (Å²) in [7, 11) is 0. The molecule has 0 aliphatic rings. The number of fused-ring (bicyclic) bond motifs is 1. The van der Waals surface area contributed by atoms with Gasteiger partial charge in [-0.25, -0.2) is 4.98 Å². The molecule has 0 radical (unpaired) electrons. The van der Waals surface area contributed by atoms with E-state index >= 15 is 0 Å². The maximum Gasteiger partial charge on any atom is 0.262 e. The number of hydrogen-bond donors (Lipinski definition) is 0. The molecule has 6 heteroatoms. The van der Waals surface area contributed by atoms with E-state index in [0.717, 1.165) is 29.9 Å². The van der Waals surface area contributed by atoms with E-state index < -0.39 is 0 Å². The van der Waals surface area contributed by atoms with Crippen LogP contribution >= 0.6 is 11.8 Å². The molecular formula is C21H25N3O2S. The van der Waals surface area contributed by atoms with Gasteiger partial charge in [-0.15, -0.1) is 0 Å². The lowest BCUT2D eigenvalue weighted by Crippen LogP contribution is -2.23. The minimum atomic E-state index is -0.0402. The molecule has 0 amide bonds. The van der Waals surface area contributed by atoms with Crippen molar-refractivity contribution in [3.8, 4) is 0 Å². The first-order chi connectivity index (χ1) is 13.0. The van der Waals surface area contributed by atoms with Crippen molar-refractivity contribution in [3.63, 3.8) is 0 Å². The van der Waals surface area contributed by atoms with E-state index in [0.29, 0.717) is 22.6 Å². The maximum atomic E-state index is 12.8. The van der Waals surface area contributed by atoms with Crippen LogP contribution in [-0.4, -0.2) is 25.7 Å². The lowest BCUT2D eigenvalue weighted by atomic mass is 10.2. The fourth-order valence-electron chi connectivity index (χ4n) is 3.46. The highest BCUT2D eigenvalue weighted by Gasteiger charge is 2.17. The number of thioether (sulfide) groups is 1. The molecule has 0 bridgehead atoms. The van der Waals surface area contributed by atoms with Gasteiger partial charge < -0.3 is 4.57 Å². The monoisotopic (exact) mass is 383 g/mol. The number of rotatable bonds is 7. The second kappa shape index (κ2) is 8.13. The van der Waals surface area contributed by atoms with Crippen LogP contribution < -0.4 is 5.56 Å². The summed E-state index contributed by atoms with van der Waals surface area (Å²) >= 11 is 1.34. The van der Waals surface area contributed by atoms with Crippen molar-refractivity contribution in [2.24, 2.45) is 0 Å². The Hall–Kier alpha value is -2.34. The summed E-state index contributed by atoms with van der Waals surface area (Å²) in [6.45, 7) is 9.55. The SMILES string of the molecule is CCCn1c(SCC(=O)c2cc(C)n(CC)c2C)nc2ccccc2c1=O. The van der Waals surface area contributed by atoms with Crippen LogP contribution in [0, 0.1) is 13.8 Å². The molecule has 0 spiro atoms. The Bertz CT molecular complexity index is 1050. The van der Waals surface area contributed by atoms with E-state index in [-0.39, 0.29) is 17.1 Å². The average molecular weight is 384 g/mol. The minimum absolute atomic E-state index is 0.0402. The van der Waals surface area contributed by atoms with Gasteiger partial charge in [0.2, 0.25) is 0 Å². The van der Waals surface area contributed by atoms with Crippen molar-refractivity contribution in [1.29, 1.82) is 0 Å².